The van der Waals surface area contributed by atoms with Gasteiger partial charge in [0.25, 0.3) is 5.69 Å². The average molecular weight is 363 g/mol. The summed E-state index contributed by atoms with van der Waals surface area (Å²) in [5.41, 5.74) is 0.709. The summed E-state index contributed by atoms with van der Waals surface area (Å²) in [6, 6.07) is 10.7. The normalized spacial score (nSPS) is 12.4. The van der Waals surface area contributed by atoms with Crippen molar-refractivity contribution in [3.63, 3.8) is 0 Å². The Morgan fingerprint density at radius 3 is 2.40 bits per heavy atom. The van der Waals surface area contributed by atoms with Gasteiger partial charge in [-0.2, -0.15) is 4.72 Å². The maximum atomic E-state index is 12.2. The van der Waals surface area contributed by atoms with E-state index in [4.69, 9.17) is 0 Å². The second kappa shape index (κ2) is 7.41. The number of nitrogens with one attached hydrogen (secondary N) is 2. The first-order chi connectivity index (χ1) is 11.7. The summed E-state index contributed by atoms with van der Waals surface area (Å²) in [6.45, 7) is 3.07. The lowest BCUT2D eigenvalue weighted by Crippen LogP contribution is -2.41. The number of nitrogens with zero attached hydrogens (tertiary/aromatic N) is 1. The molecular formula is C16H17N3O5S. The van der Waals surface area contributed by atoms with E-state index in [1.807, 2.05) is 0 Å². The van der Waals surface area contributed by atoms with Gasteiger partial charge in [-0.3, -0.25) is 14.9 Å². The molecule has 2 rings (SSSR count). The van der Waals surface area contributed by atoms with E-state index >= 15 is 0 Å². The molecule has 2 N–H and O–H groups in total. The lowest BCUT2D eigenvalue weighted by molar-refractivity contribution is -0.384. The molecule has 1 atom stereocenters. The summed E-state index contributed by atoms with van der Waals surface area (Å²) >= 11 is 0. The minimum absolute atomic E-state index is 0.0428. The second-order valence-corrected chi connectivity index (χ2v) is 7.12. The number of nitro groups is 1. The Bertz CT molecular complexity index is 897. The average Bonchev–Trinajstić information content (AvgIpc) is 2.57. The third kappa shape index (κ3) is 4.61. The van der Waals surface area contributed by atoms with Crippen molar-refractivity contribution in [2.75, 3.05) is 5.32 Å². The number of hydrogen-bond donors (Lipinski definition) is 2. The van der Waals surface area contributed by atoms with E-state index in [2.05, 4.69) is 10.0 Å². The van der Waals surface area contributed by atoms with Crippen LogP contribution in [-0.2, 0) is 14.8 Å². The predicted octanol–water partition coefficient (Wildman–Crippen LogP) is 2.21. The molecular weight excluding hydrogens is 346 g/mol. The summed E-state index contributed by atoms with van der Waals surface area (Å²) < 4.78 is 26.7. The van der Waals surface area contributed by atoms with Crippen LogP contribution in [0.15, 0.2) is 53.4 Å². The number of amides is 1. The minimum Gasteiger partial charge on any atom is -0.324 e. The van der Waals surface area contributed by atoms with Crippen LogP contribution in [0.25, 0.3) is 0 Å². The van der Waals surface area contributed by atoms with Gasteiger partial charge in [0.2, 0.25) is 15.9 Å². The first-order valence-corrected chi connectivity index (χ1v) is 8.82. The molecule has 0 aromatic heterocycles. The number of sulfonamides is 1. The van der Waals surface area contributed by atoms with Gasteiger partial charge in [-0.05, 0) is 31.5 Å². The smallest absolute Gasteiger partial charge is 0.271 e. The number of carbonyl (C=O) groups excluding carboxylic acids is 1. The van der Waals surface area contributed by atoms with Crippen molar-refractivity contribution in [3.8, 4) is 0 Å². The molecule has 25 heavy (non-hydrogen) atoms. The monoisotopic (exact) mass is 363 g/mol. The van der Waals surface area contributed by atoms with Crippen LogP contribution in [0.4, 0.5) is 11.4 Å². The van der Waals surface area contributed by atoms with E-state index in [0.717, 1.165) is 0 Å². The molecule has 0 aliphatic rings. The molecule has 0 aliphatic heterocycles. The summed E-state index contributed by atoms with van der Waals surface area (Å²) in [5.74, 6) is -0.622. The van der Waals surface area contributed by atoms with Crippen molar-refractivity contribution in [1.29, 1.82) is 0 Å². The molecule has 0 radical (unpaired) electrons. The highest BCUT2D eigenvalue weighted by molar-refractivity contribution is 7.89. The Balaban J connectivity index is 2.13. The van der Waals surface area contributed by atoms with Gasteiger partial charge in [0.1, 0.15) is 0 Å². The lowest BCUT2D eigenvalue weighted by atomic mass is 10.1. The molecule has 8 nitrogen and oxygen atoms in total. The van der Waals surface area contributed by atoms with Crippen molar-refractivity contribution in [3.05, 3.63) is 64.2 Å². The van der Waals surface area contributed by atoms with Gasteiger partial charge in [-0.15, -0.1) is 0 Å². The number of anilines is 1. The van der Waals surface area contributed by atoms with Crippen LogP contribution >= 0.6 is 0 Å². The third-order valence-corrected chi connectivity index (χ3v) is 5.03. The Morgan fingerprint density at radius 1 is 1.16 bits per heavy atom. The zero-order valence-electron chi connectivity index (χ0n) is 13.6. The van der Waals surface area contributed by atoms with Crippen LogP contribution in [0.2, 0.25) is 0 Å². The number of rotatable bonds is 6. The molecule has 0 saturated carbocycles. The van der Waals surface area contributed by atoms with Gasteiger partial charge in [0.15, 0.2) is 0 Å². The summed E-state index contributed by atoms with van der Waals surface area (Å²) in [4.78, 5) is 22.5. The lowest BCUT2D eigenvalue weighted by Gasteiger charge is -2.15. The summed E-state index contributed by atoms with van der Waals surface area (Å²) in [7, 11) is -3.85. The zero-order valence-corrected chi connectivity index (χ0v) is 14.4. The van der Waals surface area contributed by atoms with E-state index in [9.17, 15) is 23.3 Å². The Labute approximate surface area is 145 Å². The van der Waals surface area contributed by atoms with Gasteiger partial charge in [-0.25, -0.2) is 8.42 Å². The van der Waals surface area contributed by atoms with Crippen LogP contribution in [-0.4, -0.2) is 25.3 Å². The molecule has 0 heterocycles. The molecule has 132 valence electrons. The molecule has 2 aromatic rings. The van der Waals surface area contributed by atoms with Crippen molar-refractivity contribution < 1.29 is 18.1 Å². The highest BCUT2D eigenvalue weighted by Gasteiger charge is 2.22. The van der Waals surface area contributed by atoms with Crippen LogP contribution in [0, 0.1) is 17.0 Å². The molecule has 0 bridgehead atoms. The number of benzene rings is 2. The maximum Gasteiger partial charge on any atom is 0.271 e. The number of nitro benzene ring substituents is 1. The SMILES string of the molecule is Cc1ccc([N+](=O)[O-])cc1NC(=O)[C@H](C)NS(=O)(=O)c1ccccc1. The Kier molecular flexibility index (Phi) is 5.50. The minimum atomic E-state index is -3.85. The fourth-order valence-corrected chi connectivity index (χ4v) is 3.28. The molecule has 0 fully saturated rings. The number of non-ortho nitro benzene ring substituents is 1. The van der Waals surface area contributed by atoms with Crippen molar-refractivity contribution in [2.24, 2.45) is 0 Å². The van der Waals surface area contributed by atoms with E-state index in [-0.39, 0.29) is 16.3 Å². The van der Waals surface area contributed by atoms with Crippen LogP contribution in [0.5, 0.6) is 0 Å². The van der Waals surface area contributed by atoms with Gasteiger partial charge in [0.05, 0.1) is 21.5 Å². The number of aryl methyl sites for hydroxylation is 1. The second-order valence-electron chi connectivity index (χ2n) is 5.40. The number of carbonyl (C=O) groups is 1. The molecule has 1 amide bonds. The fourth-order valence-electron chi connectivity index (χ4n) is 2.05. The quantitative estimate of drug-likeness (QED) is 0.602. The largest absolute Gasteiger partial charge is 0.324 e. The molecule has 2 aromatic carbocycles. The molecule has 9 heteroatoms. The first kappa shape index (κ1) is 18.6. The maximum absolute atomic E-state index is 12.2. The van der Waals surface area contributed by atoms with Crippen LogP contribution in [0.1, 0.15) is 12.5 Å². The van der Waals surface area contributed by atoms with E-state index in [1.54, 1.807) is 25.1 Å². The summed E-state index contributed by atoms with van der Waals surface area (Å²) in [5, 5.41) is 13.3. The van der Waals surface area contributed by atoms with E-state index < -0.39 is 26.9 Å². The van der Waals surface area contributed by atoms with Gasteiger partial charge < -0.3 is 5.32 Å². The third-order valence-electron chi connectivity index (χ3n) is 3.47. The molecule has 0 saturated heterocycles. The van der Waals surface area contributed by atoms with E-state index in [1.165, 1.54) is 37.3 Å². The highest BCUT2D eigenvalue weighted by atomic mass is 32.2. The Morgan fingerprint density at radius 2 is 1.80 bits per heavy atom. The van der Waals surface area contributed by atoms with Gasteiger partial charge in [-0.1, -0.05) is 24.3 Å². The van der Waals surface area contributed by atoms with Gasteiger partial charge >= 0.3 is 0 Å². The van der Waals surface area contributed by atoms with Gasteiger partial charge in [0, 0.05) is 12.1 Å². The predicted molar refractivity (Wildman–Crippen MR) is 92.7 cm³/mol. The van der Waals surface area contributed by atoms with Crippen molar-refractivity contribution in [2.45, 2.75) is 24.8 Å². The van der Waals surface area contributed by atoms with Crippen molar-refractivity contribution >= 4 is 27.3 Å². The fraction of sp³-hybridized carbons (Fsp3) is 0.188. The highest BCUT2D eigenvalue weighted by Crippen LogP contribution is 2.22. The zero-order chi connectivity index (χ0) is 18.6. The molecule has 0 aliphatic carbocycles. The Hall–Kier alpha value is -2.78. The van der Waals surface area contributed by atoms with Crippen molar-refractivity contribution in [1.82, 2.24) is 4.72 Å². The van der Waals surface area contributed by atoms with E-state index in [0.29, 0.717) is 5.56 Å². The first-order valence-electron chi connectivity index (χ1n) is 7.34. The molecule has 0 unspecified atom stereocenters. The summed E-state index contributed by atoms with van der Waals surface area (Å²) in [6.07, 6.45) is 0. The van der Waals surface area contributed by atoms with Crippen LogP contribution < -0.4 is 10.0 Å². The van der Waals surface area contributed by atoms with Crippen LogP contribution in [0.3, 0.4) is 0 Å². The topological polar surface area (TPSA) is 118 Å². The number of hydrogen-bond acceptors (Lipinski definition) is 5. The molecule has 0 spiro atoms. The standard InChI is InChI=1S/C16H17N3O5S/c1-11-8-9-13(19(21)22)10-15(11)17-16(20)12(2)18-25(23,24)14-6-4-3-5-7-14/h3-10,12,18H,1-2H3,(H,17,20)/t12-/m0/s1.